The lowest BCUT2D eigenvalue weighted by molar-refractivity contribution is -0.384. The number of carboxylic acids is 1. The van der Waals surface area contributed by atoms with Crippen molar-refractivity contribution in [3.05, 3.63) is 103 Å². The van der Waals surface area contributed by atoms with E-state index in [1.54, 1.807) is 43.5 Å². The summed E-state index contributed by atoms with van der Waals surface area (Å²) in [4.78, 5) is 40.8. The van der Waals surface area contributed by atoms with Crippen molar-refractivity contribution in [2.75, 3.05) is 7.05 Å². The van der Waals surface area contributed by atoms with E-state index in [9.17, 15) is 24.8 Å². The minimum Gasteiger partial charge on any atom is -0.488 e. The van der Waals surface area contributed by atoms with Crippen LogP contribution in [0.4, 0.5) is 11.4 Å². The lowest BCUT2D eigenvalue weighted by Gasteiger charge is -2.10. The summed E-state index contributed by atoms with van der Waals surface area (Å²) in [5.41, 5.74) is 1.94. The van der Waals surface area contributed by atoms with Crippen LogP contribution in [0.2, 0.25) is 0 Å². The Hall–Kier alpha value is -3.96. The zero-order valence-corrected chi connectivity index (χ0v) is 21.2. The third-order valence-electron chi connectivity index (χ3n) is 5.12. The topological polar surface area (TPSA) is 122 Å². The van der Waals surface area contributed by atoms with Crippen molar-refractivity contribution >= 4 is 62.2 Å². The summed E-state index contributed by atoms with van der Waals surface area (Å²) < 4.78 is 6.75. The number of benzene rings is 3. The number of carbonyl (C=O) groups excluding carboxylic acids is 1. The van der Waals surface area contributed by atoms with Crippen LogP contribution >= 0.6 is 27.7 Å². The number of aliphatic imine (C=N–C) groups is 1. The highest BCUT2D eigenvalue weighted by Crippen LogP contribution is 2.35. The molecule has 1 aliphatic heterocycles. The second kappa shape index (κ2) is 10.8. The third kappa shape index (κ3) is 5.81. The van der Waals surface area contributed by atoms with Crippen LogP contribution in [0.5, 0.6) is 5.75 Å². The number of amidine groups is 1. The van der Waals surface area contributed by atoms with Crippen molar-refractivity contribution < 1.29 is 24.4 Å². The highest BCUT2D eigenvalue weighted by Gasteiger charge is 2.30. The molecule has 182 valence electrons. The fraction of sp³-hybridized carbons (Fsp3) is 0.0800. The molecule has 1 N–H and O–H groups in total. The van der Waals surface area contributed by atoms with Crippen LogP contribution in [0, 0.1) is 10.1 Å². The van der Waals surface area contributed by atoms with Crippen molar-refractivity contribution in [1.29, 1.82) is 0 Å². The number of ether oxygens (including phenoxy) is 1. The molecule has 1 amide bonds. The van der Waals surface area contributed by atoms with Crippen LogP contribution < -0.4 is 4.74 Å². The van der Waals surface area contributed by atoms with Crippen molar-refractivity contribution in [2.24, 2.45) is 4.99 Å². The summed E-state index contributed by atoms with van der Waals surface area (Å²) in [7, 11) is 1.60. The van der Waals surface area contributed by atoms with E-state index in [-0.39, 0.29) is 23.8 Å². The maximum absolute atomic E-state index is 12.9. The van der Waals surface area contributed by atoms with Gasteiger partial charge in [0.05, 0.1) is 21.1 Å². The number of hydrogen-bond donors (Lipinski definition) is 1. The number of thioether (sulfide) groups is 1. The van der Waals surface area contributed by atoms with Gasteiger partial charge in [-0.2, -0.15) is 0 Å². The van der Waals surface area contributed by atoms with E-state index < -0.39 is 10.9 Å². The Bertz CT molecular complexity index is 1420. The first-order valence-electron chi connectivity index (χ1n) is 10.5. The van der Waals surface area contributed by atoms with Crippen LogP contribution in [0.25, 0.3) is 6.08 Å². The average Bonchev–Trinajstić information content (AvgIpc) is 3.11. The van der Waals surface area contributed by atoms with Gasteiger partial charge in [0.2, 0.25) is 0 Å². The predicted molar refractivity (Wildman–Crippen MR) is 140 cm³/mol. The van der Waals surface area contributed by atoms with Crippen LogP contribution in [0.15, 0.2) is 81.1 Å². The van der Waals surface area contributed by atoms with E-state index in [2.05, 4.69) is 20.9 Å². The molecule has 1 aliphatic rings. The number of aromatic carboxylic acids is 1. The minimum absolute atomic E-state index is 0.000796. The molecule has 9 nitrogen and oxygen atoms in total. The summed E-state index contributed by atoms with van der Waals surface area (Å²) in [5.74, 6) is -0.786. The first-order chi connectivity index (χ1) is 17.2. The molecule has 1 heterocycles. The van der Waals surface area contributed by atoms with E-state index in [1.165, 1.54) is 40.9 Å². The number of nitro groups is 1. The fourth-order valence-corrected chi connectivity index (χ4v) is 4.61. The molecule has 3 aromatic carbocycles. The van der Waals surface area contributed by atoms with Gasteiger partial charge in [0, 0.05) is 29.2 Å². The number of carbonyl (C=O) groups is 2. The third-order valence-corrected chi connectivity index (χ3v) is 6.67. The second-order valence-corrected chi connectivity index (χ2v) is 9.54. The van der Waals surface area contributed by atoms with Gasteiger partial charge in [0.15, 0.2) is 5.17 Å². The van der Waals surface area contributed by atoms with Crippen molar-refractivity contribution in [3.63, 3.8) is 0 Å². The lowest BCUT2D eigenvalue weighted by atomic mass is 10.1. The number of amides is 1. The molecule has 0 aromatic heterocycles. The van der Waals surface area contributed by atoms with Gasteiger partial charge in [0.1, 0.15) is 12.4 Å². The van der Waals surface area contributed by atoms with Gasteiger partial charge in [-0.05, 0) is 71.9 Å². The quantitative estimate of drug-likeness (QED) is 0.215. The van der Waals surface area contributed by atoms with Crippen LogP contribution in [-0.4, -0.2) is 39.0 Å². The predicted octanol–water partition coefficient (Wildman–Crippen LogP) is 5.87. The second-order valence-electron chi connectivity index (χ2n) is 7.62. The summed E-state index contributed by atoms with van der Waals surface area (Å²) in [5, 5.41) is 20.5. The highest BCUT2D eigenvalue weighted by molar-refractivity contribution is 9.10. The zero-order valence-electron chi connectivity index (χ0n) is 18.8. The van der Waals surface area contributed by atoms with Crippen LogP contribution in [0.1, 0.15) is 21.5 Å². The van der Waals surface area contributed by atoms with E-state index in [0.29, 0.717) is 27.1 Å². The smallest absolute Gasteiger partial charge is 0.335 e. The number of nitro benzene ring substituents is 1. The van der Waals surface area contributed by atoms with Gasteiger partial charge in [-0.15, -0.1) is 0 Å². The Kier molecular flexibility index (Phi) is 7.51. The number of likely N-dealkylation sites (N-methyl/N-ethyl adjacent to an activating group) is 1. The Labute approximate surface area is 218 Å². The van der Waals surface area contributed by atoms with E-state index >= 15 is 0 Å². The molecule has 11 heteroatoms. The molecule has 36 heavy (non-hydrogen) atoms. The average molecular weight is 568 g/mol. The Morgan fingerprint density at radius 1 is 1.19 bits per heavy atom. The maximum Gasteiger partial charge on any atom is 0.335 e. The van der Waals surface area contributed by atoms with E-state index in [1.807, 2.05) is 12.1 Å². The summed E-state index contributed by atoms with van der Waals surface area (Å²) in [6.07, 6.45) is 1.70. The molecule has 0 unspecified atom stereocenters. The molecule has 0 radical (unpaired) electrons. The Morgan fingerprint density at radius 3 is 2.64 bits per heavy atom. The minimum atomic E-state index is -1.06. The van der Waals surface area contributed by atoms with Gasteiger partial charge in [0.25, 0.3) is 11.6 Å². The Morgan fingerprint density at radius 2 is 1.94 bits per heavy atom. The van der Waals surface area contributed by atoms with Gasteiger partial charge in [-0.25, -0.2) is 9.79 Å². The van der Waals surface area contributed by atoms with Crippen molar-refractivity contribution in [3.8, 4) is 5.75 Å². The number of rotatable bonds is 7. The van der Waals surface area contributed by atoms with Crippen molar-refractivity contribution in [1.82, 2.24) is 4.90 Å². The molecular formula is C25H18BrN3O6S. The zero-order chi connectivity index (χ0) is 25.8. The van der Waals surface area contributed by atoms with Gasteiger partial charge >= 0.3 is 5.97 Å². The summed E-state index contributed by atoms with van der Waals surface area (Å²) >= 11 is 4.61. The number of non-ortho nitro benzene ring substituents is 1. The van der Waals surface area contributed by atoms with Gasteiger partial charge in [-0.3, -0.25) is 19.8 Å². The maximum atomic E-state index is 12.9. The first kappa shape index (κ1) is 25.1. The lowest BCUT2D eigenvalue weighted by Crippen LogP contribution is -2.23. The number of hydrogen-bond acceptors (Lipinski definition) is 7. The van der Waals surface area contributed by atoms with E-state index in [4.69, 9.17) is 4.74 Å². The normalized spacial score (nSPS) is 15.5. The molecule has 0 bridgehead atoms. The summed E-state index contributed by atoms with van der Waals surface area (Å²) in [6, 6.07) is 17.7. The largest absolute Gasteiger partial charge is 0.488 e. The summed E-state index contributed by atoms with van der Waals surface area (Å²) in [6.45, 7) is 0.184. The van der Waals surface area contributed by atoms with Crippen molar-refractivity contribution in [2.45, 2.75) is 6.61 Å². The Balaban J connectivity index is 1.57. The first-order valence-corrected chi connectivity index (χ1v) is 12.1. The molecule has 0 spiro atoms. The molecule has 0 atom stereocenters. The van der Waals surface area contributed by atoms with Gasteiger partial charge in [-0.1, -0.05) is 22.0 Å². The standard InChI is InChI=1S/C25H18BrN3O6S/c1-28-23(30)22(36-25(28)27-19-4-2-3-16(12-19)24(31)32)13-17-11-18(26)7-10-21(17)35-14-15-5-8-20(9-6-15)29(33)34/h2-13H,14H2,1H3,(H,31,32). The highest BCUT2D eigenvalue weighted by atomic mass is 79.9. The van der Waals surface area contributed by atoms with Crippen LogP contribution in [0.3, 0.4) is 0 Å². The monoisotopic (exact) mass is 567 g/mol. The SMILES string of the molecule is CN1C(=O)C(=Cc2cc(Br)ccc2OCc2ccc([N+](=O)[O-])cc2)SC1=Nc1cccc(C(=O)O)c1. The molecule has 1 fully saturated rings. The van der Waals surface area contributed by atoms with Gasteiger partial charge < -0.3 is 9.84 Å². The molecule has 3 aromatic rings. The molecule has 4 rings (SSSR count). The fourth-order valence-electron chi connectivity index (χ4n) is 3.25. The molecule has 0 aliphatic carbocycles. The molecule has 0 saturated carbocycles. The number of halogens is 1. The molecule has 1 saturated heterocycles. The molecular weight excluding hydrogens is 550 g/mol. The van der Waals surface area contributed by atoms with E-state index in [0.717, 1.165) is 10.0 Å². The number of carboxylic acid groups (broad SMARTS) is 1. The number of nitrogens with zero attached hydrogens (tertiary/aromatic N) is 3. The van der Waals surface area contributed by atoms with Crippen LogP contribution in [-0.2, 0) is 11.4 Å².